The van der Waals surface area contributed by atoms with Gasteiger partial charge in [-0.3, -0.25) is 4.79 Å². The van der Waals surface area contributed by atoms with Gasteiger partial charge in [0.25, 0.3) is 5.91 Å². The molecular formula is C14H18BrNO3. The summed E-state index contributed by atoms with van der Waals surface area (Å²) in [6, 6.07) is 5.37. The maximum absolute atomic E-state index is 12.2. The Kier molecular flexibility index (Phi) is 4.69. The molecule has 1 heterocycles. The minimum Gasteiger partial charge on any atom is -0.486 e. The fraction of sp³-hybridized carbons (Fsp3) is 0.500. The van der Waals surface area contributed by atoms with Crippen LogP contribution in [0.1, 0.15) is 24.2 Å². The summed E-state index contributed by atoms with van der Waals surface area (Å²) < 4.78 is 11.0. The van der Waals surface area contributed by atoms with Crippen molar-refractivity contribution in [1.82, 2.24) is 5.32 Å². The number of rotatable bonds is 4. The van der Waals surface area contributed by atoms with Crippen LogP contribution in [0.25, 0.3) is 0 Å². The fourth-order valence-corrected chi connectivity index (χ4v) is 1.94. The number of fused-ring (bicyclic) bond motifs is 1. The molecular weight excluding hydrogens is 310 g/mol. The second-order valence-corrected chi connectivity index (χ2v) is 5.98. The van der Waals surface area contributed by atoms with Gasteiger partial charge in [-0.15, -0.1) is 0 Å². The molecule has 0 fully saturated rings. The second kappa shape index (κ2) is 6.28. The highest BCUT2D eigenvalue weighted by Crippen LogP contribution is 2.33. The number of benzene rings is 1. The summed E-state index contributed by atoms with van der Waals surface area (Å²) in [5.74, 6) is 1.51. The van der Waals surface area contributed by atoms with Crippen molar-refractivity contribution >= 4 is 21.8 Å². The summed E-state index contributed by atoms with van der Waals surface area (Å²) in [6.07, 6.45) is 0. The van der Waals surface area contributed by atoms with E-state index in [0.717, 1.165) is 0 Å². The van der Waals surface area contributed by atoms with Gasteiger partial charge in [0.2, 0.25) is 0 Å². The van der Waals surface area contributed by atoms with Gasteiger partial charge in [0.05, 0.1) is 5.56 Å². The molecule has 0 spiro atoms. The van der Waals surface area contributed by atoms with Crippen LogP contribution in [0.3, 0.4) is 0 Å². The van der Waals surface area contributed by atoms with Gasteiger partial charge >= 0.3 is 0 Å². The average molecular weight is 328 g/mol. The van der Waals surface area contributed by atoms with Crippen molar-refractivity contribution in [3.05, 3.63) is 23.8 Å². The SMILES string of the molecule is CC(C)C(Br)CNC(=O)c1cccc2c1OCCO2. The van der Waals surface area contributed by atoms with Crippen LogP contribution in [-0.4, -0.2) is 30.5 Å². The second-order valence-electron chi connectivity index (χ2n) is 4.80. The number of nitrogens with one attached hydrogen (secondary N) is 1. The molecule has 4 nitrogen and oxygen atoms in total. The van der Waals surface area contributed by atoms with Crippen LogP contribution in [0.4, 0.5) is 0 Å². The molecule has 1 aliphatic heterocycles. The van der Waals surface area contributed by atoms with Crippen molar-refractivity contribution in [2.45, 2.75) is 18.7 Å². The van der Waals surface area contributed by atoms with E-state index in [2.05, 4.69) is 35.1 Å². The highest BCUT2D eigenvalue weighted by atomic mass is 79.9. The van der Waals surface area contributed by atoms with Gasteiger partial charge in [0.15, 0.2) is 11.5 Å². The lowest BCUT2D eigenvalue weighted by Crippen LogP contribution is -2.32. The summed E-state index contributed by atoms with van der Waals surface area (Å²) in [5, 5.41) is 2.91. The molecule has 0 saturated carbocycles. The van der Waals surface area contributed by atoms with Gasteiger partial charge in [-0.05, 0) is 18.1 Å². The Hall–Kier alpha value is -1.23. The zero-order valence-electron chi connectivity index (χ0n) is 11.1. The minimum absolute atomic E-state index is 0.132. The molecule has 5 heteroatoms. The highest BCUT2D eigenvalue weighted by molar-refractivity contribution is 9.09. The monoisotopic (exact) mass is 327 g/mol. The maximum Gasteiger partial charge on any atom is 0.255 e. The summed E-state index contributed by atoms with van der Waals surface area (Å²) in [7, 11) is 0. The molecule has 1 aromatic rings. The number of hydrogen-bond acceptors (Lipinski definition) is 3. The van der Waals surface area contributed by atoms with Gasteiger partial charge in [0, 0.05) is 11.4 Å². The number of amides is 1. The van der Waals surface area contributed by atoms with Gasteiger partial charge in [-0.1, -0.05) is 35.8 Å². The van der Waals surface area contributed by atoms with Gasteiger partial charge in [-0.25, -0.2) is 0 Å². The van der Waals surface area contributed by atoms with Crippen LogP contribution in [0.15, 0.2) is 18.2 Å². The number of hydrogen-bond donors (Lipinski definition) is 1. The van der Waals surface area contributed by atoms with Crippen LogP contribution in [0.5, 0.6) is 11.5 Å². The first-order chi connectivity index (χ1) is 9.09. The molecule has 1 N–H and O–H groups in total. The molecule has 1 unspecified atom stereocenters. The third-order valence-electron chi connectivity index (χ3n) is 2.99. The van der Waals surface area contributed by atoms with Crippen molar-refractivity contribution in [1.29, 1.82) is 0 Å². The molecule has 1 aliphatic rings. The molecule has 2 rings (SSSR count). The maximum atomic E-state index is 12.2. The number of alkyl halides is 1. The molecule has 0 aliphatic carbocycles. The van der Waals surface area contributed by atoms with Crippen LogP contribution in [0.2, 0.25) is 0 Å². The number of ether oxygens (including phenoxy) is 2. The molecule has 1 atom stereocenters. The van der Waals surface area contributed by atoms with E-state index in [1.807, 2.05) is 6.07 Å². The van der Waals surface area contributed by atoms with E-state index >= 15 is 0 Å². The first-order valence-corrected chi connectivity index (χ1v) is 7.32. The summed E-state index contributed by atoms with van der Waals surface area (Å²) >= 11 is 3.55. The van der Waals surface area contributed by atoms with Crippen molar-refractivity contribution in [3.8, 4) is 11.5 Å². The molecule has 0 aromatic heterocycles. The number of carbonyl (C=O) groups is 1. The lowest BCUT2D eigenvalue weighted by atomic mass is 10.1. The Morgan fingerprint density at radius 1 is 1.37 bits per heavy atom. The first-order valence-electron chi connectivity index (χ1n) is 6.40. The quantitative estimate of drug-likeness (QED) is 0.865. The Morgan fingerprint density at radius 3 is 2.84 bits per heavy atom. The van der Waals surface area contributed by atoms with E-state index in [1.165, 1.54) is 0 Å². The Bertz CT molecular complexity index is 462. The van der Waals surface area contributed by atoms with E-state index in [9.17, 15) is 4.79 Å². The average Bonchev–Trinajstić information content (AvgIpc) is 2.43. The zero-order valence-corrected chi connectivity index (χ0v) is 12.7. The predicted octanol–water partition coefficient (Wildman–Crippen LogP) is 2.61. The van der Waals surface area contributed by atoms with E-state index in [-0.39, 0.29) is 10.7 Å². The lowest BCUT2D eigenvalue weighted by molar-refractivity contribution is 0.0941. The van der Waals surface area contributed by atoms with E-state index < -0.39 is 0 Å². The molecule has 1 amide bonds. The molecule has 104 valence electrons. The van der Waals surface area contributed by atoms with Gasteiger partial charge in [-0.2, -0.15) is 0 Å². The predicted molar refractivity (Wildman–Crippen MR) is 77.3 cm³/mol. The van der Waals surface area contributed by atoms with Crippen molar-refractivity contribution < 1.29 is 14.3 Å². The van der Waals surface area contributed by atoms with Gasteiger partial charge < -0.3 is 14.8 Å². The van der Waals surface area contributed by atoms with Crippen molar-refractivity contribution in [2.24, 2.45) is 5.92 Å². The van der Waals surface area contributed by atoms with Crippen LogP contribution in [-0.2, 0) is 0 Å². The van der Waals surface area contributed by atoms with Gasteiger partial charge in [0.1, 0.15) is 13.2 Å². The number of carbonyl (C=O) groups excluding carboxylic acids is 1. The number of halogens is 1. The summed E-state index contributed by atoms with van der Waals surface area (Å²) in [4.78, 5) is 12.4. The number of para-hydroxylation sites is 1. The summed E-state index contributed by atoms with van der Waals surface area (Å²) in [5.41, 5.74) is 0.528. The van der Waals surface area contributed by atoms with Crippen LogP contribution in [0, 0.1) is 5.92 Å². The standard InChI is InChI=1S/C14H18BrNO3/c1-9(2)11(15)8-16-14(17)10-4-3-5-12-13(10)19-7-6-18-12/h3-5,9,11H,6-8H2,1-2H3,(H,16,17). The normalized spacial score (nSPS) is 15.2. The van der Waals surface area contributed by atoms with E-state index in [0.29, 0.717) is 42.7 Å². The topological polar surface area (TPSA) is 47.6 Å². The van der Waals surface area contributed by atoms with Crippen molar-refractivity contribution in [2.75, 3.05) is 19.8 Å². The lowest BCUT2D eigenvalue weighted by Gasteiger charge is -2.21. The molecule has 0 saturated heterocycles. The Balaban J connectivity index is 2.07. The fourth-order valence-electron chi connectivity index (χ4n) is 1.77. The smallest absolute Gasteiger partial charge is 0.255 e. The van der Waals surface area contributed by atoms with Crippen LogP contribution >= 0.6 is 15.9 Å². The third kappa shape index (κ3) is 3.41. The van der Waals surface area contributed by atoms with Crippen molar-refractivity contribution in [3.63, 3.8) is 0 Å². The van der Waals surface area contributed by atoms with E-state index in [4.69, 9.17) is 9.47 Å². The molecule has 0 bridgehead atoms. The Morgan fingerprint density at radius 2 is 2.11 bits per heavy atom. The largest absolute Gasteiger partial charge is 0.486 e. The molecule has 0 radical (unpaired) electrons. The zero-order chi connectivity index (χ0) is 13.8. The van der Waals surface area contributed by atoms with E-state index in [1.54, 1.807) is 12.1 Å². The Labute approximate surface area is 121 Å². The first kappa shape index (κ1) is 14.2. The minimum atomic E-state index is -0.132. The highest BCUT2D eigenvalue weighted by Gasteiger charge is 2.20. The third-order valence-corrected chi connectivity index (χ3v) is 4.37. The molecule has 19 heavy (non-hydrogen) atoms. The molecule has 1 aromatic carbocycles. The summed E-state index contributed by atoms with van der Waals surface area (Å²) in [6.45, 7) is 5.79. The van der Waals surface area contributed by atoms with Crippen LogP contribution < -0.4 is 14.8 Å².